The fourth-order valence-corrected chi connectivity index (χ4v) is 0.822. The molecule has 74 valence electrons. The van der Waals surface area contributed by atoms with E-state index in [4.69, 9.17) is 5.73 Å². The summed E-state index contributed by atoms with van der Waals surface area (Å²) in [5, 5.41) is 0. The number of nitrogens with two attached hydrogens (primary N) is 1. The summed E-state index contributed by atoms with van der Waals surface area (Å²) in [6, 6.07) is 9.20. The lowest BCUT2D eigenvalue weighted by Gasteiger charge is -2.04. The number of amides is 1. The van der Waals surface area contributed by atoms with Crippen molar-refractivity contribution in [1.29, 1.82) is 0 Å². The SMILES string of the molecule is CC(=O)NNC(N)=Nc1ccccc1. The van der Waals surface area contributed by atoms with E-state index in [2.05, 4.69) is 15.8 Å². The van der Waals surface area contributed by atoms with Crippen molar-refractivity contribution >= 4 is 17.6 Å². The van der Waals surface area contributed by atoms with Gasteiger partial charge in [-0.15, -0.1) is 0 Å². The summed E-state index contributed by atoms with van der Waals surface area (Å²) in [7, 11) is 0. The Kier molecular flexibility index (Phi) is 3.49. The van der Waals surface area contributed by atoms with Crippen LogP contribution in [0.1, 0.15) is 6.92 Å². The molecule has 0 aliphatic heterocycles. The number of aliphatic imine (C=N–C) groups is 1. The van der Waals surface area contributed by atoms with Crippen molar-refractivity contribution in [3.8, 4) is 0 Å². The van der Waals surface area contributed by atoms with Gasteiger partial charge >= 0.3 is 0 Å². The first kappa shape index (κ1) is 10.0. The molecule has 0 bridgehead atoms. The minimum atomic E-state index is -0.226. The summed E-state index contributed by atoms with van der Waals surface area (Å²) in [5.74, 6) is -0.0809. The van der Waals surface area contributed by atoms with E-state index in [0.717, 1.165) is 5.69 Å². The maximum absolute atomic E-state index is 10.5. The van der Waals surface area contributed by atoms with Crippen molar-refractivity contribution in [3.05, 3.63) is 30.3 Å². The second-order valence-corrected chi connectivity index (χ2v) is 2.64. The molecule has 14 heavy (non-hydrogen) atoms. The lowest BCUT2D eigenvalue weighted by molar-refractivity contribution is -0.119. The minimum absolute atomic E-state index is 0.145. The van der Waals surface area contributed by atoms with E-state index in [-0.39, 0.29) is 11.9 Å². The molecule has 0 radical (unpaired) electrons. The molecule has 0 atom stereocenters. The van der Waals surface area contributed by atoms with Crippen LogP contribution in [0.2, 0.25) is 0 Å². The fraction of sp³-hybridized carbons (Fsp3) is 0.111. The van der Waals surface area contributed by atoms with Gasteiger partial charge < -0.3 is 5.73 Å². The average Bonchev–Trinajstić information content (AvgIpc) is 2.16. The third-order valence-corrected chi connectivity index (χ3v) is 1.37. The topological polar surface area (TPSA) is 79.5 Å². The van der Waals surface area contributed by atoms with Crippen LogP contribution < -0.4 is 16.6 Å². The second-order valence-electron chi connectivity index (χ2n) is 2.64. The predicted molar refractivity (Wildman–Crippen MR) is 54.7 cm³/mol. The number of benzene rings is 1. The quantitative estimate of drug-likeness (QED) is 0.339. The van der Waals surface area contributed by atoms with Crippen LogP contribution in [-0.2, 0) is 4.79 Å². The van der Waals surface area contributed by atoms with Gasteiger partial charge in [0.05, 0.1) is 5.69 Å². The Hall–Kier alpha value is -2.04. The molecule has 5 heteroatoms. The summed E-state index contributed by atoms with van der Waals surface area (Å²) >= 11 is 0. The van der Waals surface area contributed by atoms with Crippen LogP contribution in [0.3, 0.4) is 0 Å². The molecule has 0 fully saturated rings. The van der Waals surface area contributed by atoms with Crippen molar-refractivity contribution in [3.63, 3.8) is 0 Å². The summed E-state index contributed by atoms with van der Waals surface area (Å²) in [6.45, 7) is 1.38. The molecule has 0 unspecified atom stereocenters. The smallest absolute Gasteiger partial charge is 0.235 e. The highest BCUT2D eigenvalue weighted by molar-refractivity contribution is 5.83. The molecule has 0 aliphatic carbocycles. The van der Waals surface area contributed by atoms with Crippen LogP contribution in [0.4, 0.5) is 5.69 Å². The number of carbonyl (C=O) groups excluding carboxylic acids is 1. The average molecular weight is 192 g/mol. The third kappa shape index (κ3) is 3.57. The molecule has 1 amide bonds. The van der Waals surface area contributed by atoms with Crippen molar-refractivity contribution < 1.29 is 4.79 Å². The standard InChI is InChI=1S/C9H12N4O/c1-7(14)12-13-9(10)11-8-5-3-2-4-6-8/h2-6H,1H3,(H,12,14)(H3,10,11,13). The van der Waals surface area contributed by atoms with E-state index in [1.807, 2.05) is 30.3 Å². The van der Waals surface area contributed by atoms with E-state index in [0.29, 0.717) is 0 Å². The van der Waals surface area contributed by atoms with Gasteiger partial charge in [0.1, 0.15) is 0 Å². The third-order valence-electron chi connectivity index (χ3n) is 1.37. The van der Waals surface area contributed by atoms with Gasteiger partial charge in [-0.05, 0) is 12.1 Å². The number of rotatable bonds is 1. The van der Waals surface area contributed by atoms with Crippen LogP contribution in [0.25, 0.3) is 0 Å². The molecule has 1 aromatic rings. The number of hydrazine groups is 1. The van der Waals surface area contributed by atoms with Gasteiger partial charge in [0.2, 0.25) is 11.9 Å². The molecule has 0 heterocycles. The number of guanidine groups is 1. The van der Waals surface area contributed by atoms with Crippen LogP contribution in [0, 0.1) is 0 Å². The molecule has 5 nitrogen and oxygen atoms in total. The maximum atomic E-state index is 10.5. The summed E-state index contributed by atoms with van der Waals surface area (Å²) < 4.78 is 0. The number of nitrogens with one attached hydrogen (secondary N) is 2. The Balaban J connectivity index is 2.56. The normalized spacial score (nSPS) is 10.8. The first-order chi connectivity index (χ1) is 6.68. The summed E-state index contributed by atoms with van der Waals surface area (Å²) in [5.41, 5.74) is 11.0. The highest BCUT2D eigenvalue weighted by Gasteiger charge is 1.92. The molecule has 0 saturated heterocycles. The van der Waals surface area contributed by atoms with Gasteiger partial charge in [0, 0.05) is 6.92 Å². The highest BCUT2D eigenvalue weighted by atomic mass is 16.2. The van der Waals surface area contributed by atoms with Gasteiger partial charge in [-0.25, -0.2) is 4.99 Å². The lowest BCUT2D eigenvalue weighted by Crippen LogP contribution is -2.44. The molecule has 4 N–H and O–H groups in total. The van der Waals surface area contributed by atoms with Crippen LogP contribution >= 0.6 is 0 Å². The van der Waals surface area contributed by atoms with Crippen molar-refractivity contribution in [2.24, 2.45) is 10.7 Å². The van der Waals surface area contributed by atoms with Gasteiger partial charge in [0.15, 0.2) is 0 Å². The van der Waals surface area contributed by atoms with Crippen molar-refractivity contribution in [2.75, 3.05) is 0 Å². The van der Waals surface area contributed by atoms with Crippen LogP contribution in [0.15, 0.2) is 35.3 Å². The Labute approximate surface area is 82.0 Å². The monoisotopic (exact) mass is 192 g/mol. The van der Waals surface area contributed by atoms with E-state index in [9.17, 15) is 4.79 Å². The molecule has 0 saturated carbocycles. The molecular weight excluding hydrogens is 180 g/mol. The number of para-hydroxylation sites is 1. The molecule has 1 rings (SSSR count). The molecular formula is C9H12N4O. The van der Waals surface area contributed by atoms with E-state index < -0.39 is 0 Å². The van der Waals surface area contributed by atoms with Crippen LogP contribution in [0.5, 0.6) is 0 Å². The van der Waals surface area contributed by atoms with Gasteiger partial charge in [-0.2, -0.15) is 0 Å². The van der Waals surface area contributed by atoms with Gasteiger partial charge in [0.25, 0.3) is 0 Å². The Morgan fingerprint density at radius 2 is 1.93 bits per heavy atom. The maximum Gasteiger partial charge on any atom is 0.235 e. The second kappa shape index (κ2) is 4.86. The Bertz CT molecular complexity index is 334. The molecule has 0 aromatic heterocycles. The predicted octanol–water partition coefficient (Wildman–Crippen LogP) is 0.274. The zero-order chi connectivity index (χ0) is 10.4. The van der Waals surface area contributed by atoms with Crippen molar-refractivity contribution in [2.45, 2.75) is 6.92 Å². The van der Waals surface area contributed by atoms with Crippen molar-refractivity contribution in [1.82, 2.24) is 10.9 Å². The van der Waals surface area contributed by atoms with Gasteiger partial charge in [-0.3, -0.25) is 15.6 Å². The molecule has 1 aromatic carbocycles. The minimum Gasteiger partial charge on any atom is -0.368 e. The first-order valence-electron chi connectivity index (χ1n) is 4.10. The van der Waals surface area contributed by atoms with Crippen LogP contribution in [-0.4, -0.2) is 11.9 Å². The number of hydrogen-bond acceptors (Lipinski definition) is 2. The fourth-order valence-electron chi connectivity index (χ4n) is 0.822. The number of hydrogen-bond donors (Lipinski definition) is 3. The highest BCUT2D eigenvalue weighted by Crippen LogP contribution is 2.08. The Morgan fingerprint density at radius 1 is 1.29 bits per heavy atom. The molecule has 0 aliphatic rings. The zero-order valence-corrected chi connectivity index (χ0v) is 7.82. The first-order valence-corrected chi connectivity index (χ1v) is 4.10. The number of nitrogens with zero attached hydrogens (tertiary/aromatic N) is 1. The van der Waals surface area contributed by atoms with E-state index in [1.165, 1.54) is 6.92 Å². The van der Waals surface area contributed by atoms with E-state index >= 15 is 0 Å². The van der Waals surface area contributed by atoms with Gasteiger partial charge in [-0.1, -0.05) is 18.2 Å². The summed E-state index contributed by atoms with van der Waals surface area (Å²) in [6.07, 6.45) is 0. The number of carbonyl (C=O) groups is 1. The zero-order valence-electron chi connectivity index (χ0n) is 7.82. The largest absolute Gasteiger partial charge is 0.368 e. The summed E-state index contributed by atoms with van der Waals surface area (Å²) in [4.78, 5) is 14.5. The Morgan fingerprint density at radius 3 is 2.50 bits per heavy atom. The lowest BCUT2D eigenvalue weighted by atomic mass is 10.3. The molecule has 0 spiro atoms. The van der Waals surface area contributed by atoms with E-state index in [1.54, 1.807) is 0 Å².